The fourth-order valence-corrected chi connectivity index (χ4v) is 5.52. The summed E-state index contributed by atoms with van der Waals surface area (Å²) in [5, 5.41) is 39.7. The van der Waals surface area contributed by atoms with Crippen LogP contribution in [-0.4, -0.2) is 44.8 Å². The van der Waals surface area contributed by atoms with Gasteiger partial charge in [-0.3, -0.25) is 0 Å². The monoisotopic (exact) mass is 226 g/mol. The lowest BCUT2D eigenvalue weighted by atomic mass is 9.67. The van der Waals surface area contributed by atoms with E-state index in [1.54, 1.807) is 0 Å². The molecule has 10 atom stereocenters. The molecule has 0 amide bonds. The van der Waals surface area contributed by atoms with Gasteiger partial charge in [0.1, 0.15) is 0 Å². The normalized spacial score (nSPS) is 71.2. The quantitative estimate of drug-likeness (QED) is 0.398. The van der Waals surface area contributed by atoms with Crippen LogP contribution in [0.15, 0.2) is 0 Å². The molecule has 4 heteroatoms. The van der Waals surface area contributed by atoms with E-state index in [-0.39, 0.29) is 23.7 Å². The summed E-state index contributed by atoms with van der Waals surface area (Å²) in [7, 11) is 0. The maximum atomic E-state index is 9.92. The average Bonchev–Trinajstić information content (AvgIpc) is 2.92. The molecule has 16 heavy (non-hydrogen) atoms. The zero-order valence-electron chi connectivity index (χ0n) is 8.98. The van der Waals surface area contributed by atoms with Crippen LogP contribution < -0.4 is 0 Å². The van der Waals surface area contributed by atoms with Crippen LogP contribution in [0.25, 0.3) is 0 Å². The number of rotatable bonds is 0. The molecule has 0 aromatic carbocycles. The Kier molecular flexibility index (Phi) is 1.72. The molecule has 2 unspecified atom stereocenters. The second-order valence-electron chi connectivity index (χ2n) is 6.24. The zero-order valence-corrected chi connectivity index (χ0v) is 8.98. The smallest absolute Gasteiger partial charge is 0.0833 e. The number of hydrogen-bond acceptors (Lipinski definition) is 4. The van der Waals surface area contributed by atoms with Crippen molar-refractivity contribution in [3.05, 3.63) is 0 Å². The topological polar surface area (TPSA) is 80.9 Å². The minimum atomic E-state index is -0.602. The maximum Gasteiger partial charge on any atom is 0.0833 e. The first-order valence-electron chi connectivity index (χ1n) is 6.33. The Morgan fingerprint density at radius 2 is 0.750 bits per heavy atom. The van der Waals surface area contributed by atoms with Crippen LogP contribution in [0.1, 0.15) is 12.8 Å². The molecule has 0 aromatic heterocycles. The van der Waals surface area contributed by atoms with Crippen LogP contribution in [0.3, 0.4) is 0 Å². The van der Waals surface area contributed by atoms with Gasteiger partial charge in [-0.05, 0) is 48.3 Å². The Hall–Kier alpha value is -0.160. The summed E-state index contributed by atoms with van der Waals surface area (Å²) < 4.78 is 0. The fourth-order valence-electron chi connectivity index (χ4n) is 5.52. The van der Waals surface area contributed by atoms with Crippen molar-refractivity contribution in [2.45, 2.75) is 37.3 Å². The van der Waals surface area contributed by atoms with Gasteiger partial charge in [-0.25, -0.2) is 0 Å². The van der Waals surface area contributed by atoms with Gasteiger partial charge in [0.15, 0.2) is 0 Å². The Morgan fingerprint density at radius 1 is 0.500 bits per heavy atom. The molecule has 4 nitrogen and oxygen atoms in total. The molecule has 4 N–H and O–H groups in total. The van der Waals surface area contributed by atoms with E-state index < -0.39 is 24.4 Å². The molecule has 4 rings (SSSR count). The summed E-state index contributed by atoms with van der Waals surface area (Å²) in [6, 6.07) is 0. The lowest BCUT2D eigenvalue weighted by Gasteiger charge is -2.42. The number of hydrogen-bond donors (Lipinski definition) is 4. The van der Waals surface area contributed by atoms with Crippen molar-refractivity contribution >= 4 is 0 Å². The Bertz CT molecular complexity index is 273. The van der Waals surface area contributed by atoms with Crippen LogP contribution in [0.2, 0.25) is 0 Å². The number of aliphatic hydroxyl groups is 4. The van der Waals surface area contributed by atoms with E-state index in [1.165, 1.54) is 0 Å². The van der Waals surface area contributed by atoms with Gasteiger partial charge < -0.3 is 20.4 Å². The summed E-state index contributed by atoms with van der Waals surface area (Å²) in [5.74, 6) is 1.30. The number of fused-ring (bicyclic) bond motifs is 9. The third-order valence-electron chi connectivity index (χ3n) is 5.97. The van der Waals surface area contributed by atoms with Crippen LogP contribution in [0.5, 0.6) is 0 Å². The maximum absolute atomic E-state index is 9.92. The van der Waals surface area contributed by atoms with Crippen molar-refractivity contribution in [1.82, 2.24) is 0 Å². The van der Waals surface area contributed by atoms with Crippen molar-refractivity contribution in [3.63, 3.8) is 0 Å². The molecule has 4 saturated carbocycles. The minimum Gasteiger partial charge on any atom is -0.390 e. The highest BCUT2D eigenvalue weighted by molar-refractivity contribution is 5.18. The van der Waals surface area contributed by atoms with Gasteiger partial charge >= 0.3 is 0 Å². The van der Waals surface area contributed by atoms with Crippen LogP contribution in [-0.2, 0) is 0 Å². The van der Waals surface area contributed by atoms with Crippen LogP contribution in [0.4, 0.5) is 0 Å². The first kappa shape index (κ1) is 9.83. The molecule has 0 radical (unpaired) electrons. The van der Waals surface area contributed by atoms with Crippen molar-refractivity contribution in [2.24, 2.45) is 35.5 Å². The third kappa shape index (κ3) is 0.849. The highest BCUT2D eigenvalue weighted by Crippen LogP contribution is 2.67. The SMILES string of the molecule is O[C@@H]1[C@H](O)[C@@H]2C[C@H]1C1C2[C@@H]2C[C@H]1[C@@H](O)[C@H]2O. The van der Waals surface area contributed by atoms with Gasteiger partial charge in [-0.2, -0.15) is 0 Å². The Balaban J connectivity index is 1.73. The minimum absolute atomic E-state index is 0.155. The molecule has 0 aromatic rings. The molecular formula is C12H18O4. The highest BCUT2D eigenvalue weighted by atomic mass is 16.3. The zero-order chi connectivity index (χ0) is 11.2. The average molecular weight is 226 g/mol. The van der Waals surface area contributed by atoms with Crippen molar-refractivity contribution in [2.75, 3.05) is 0 Å². The van der Waals surface area contributed by atoms with Gasteiger partial charge in [0, 0.05) is 0 Å². The predicted molar refractivity (Wildman–Crippen MR) is 54.2 cm³/mol. The van der Waals surface area contributed by atoms with Gasteiger partial charge in [0.2, 0.25) is 0 Å². The first-order valence-corrected chi connectivity index (χ1v) is 6.33. The molecule has 0 saturated heterocycles. The molecule has 0 heterocycles. The molecule has 0 aliphatic heterocycles. The van der Waals surface area contributed by atoms with E-state index >= 15 is 0 Å². The first-order chi connectivity index (χ1) is 7.61. The second-order valence-corrected chi connectivity index (χ2v) is 6.24. The van der Waals surface area contributed by atoms with Crippen LogP contribution in [0, 0.1) is 35.5 Å². The molecule has 90 valence electrons. The predicted octanol–water partition coefficient (Wildman–Crippen LogP) is -1.04. The van der Waals surface area contributed by atoms with Gasteiger partial charge in [-0.15, -0.1) is 0 Å². The van der Waals surface area contributed by atoms with E-state index in [0.717, 1.165) is 12.8 Å². The molecule has 0 spiro atoms. The molecular weight excluding hydrogens is 208 g/mol. The summed E-state index contributed by atoms with van der Waals surface area (Å²) in [5.41, 5.74) is 0. The second kappa shape index (κ2) is 2.80. The molecule has 4 aliphatic rings. The summed E-state index contributed by atoms with van der Waals surface area (Å²) >= 11 is 0. The third-order valence-corrected chi connectivity index (χ3v) is 5.97. The Morgan fingerprint density at radius 3 is 1.00 bits per heavy atom. The van der Waals surface area contributed by atoms with Gasteiger partial charge in [-0.1, -0.05) is 0 Å². The van der Waals surface area contributed by atoms with E-state index in [0.29, 0.717) is 11.8 Å². The van der Waals surface area contributed by atoms with Crippen molar-refractivity contribution in [3.8, 4) is 0 Å². The Labute approximate surface area is 93.9 Å². The number of aliphatic hydroxyl groups excluding tert-OH is 4. The van der Waals surface area contributed by atoms with Gasteiger partial charge in [0.25, 0.3) is 0 Å². The summed E-state index contributed by atoms with van der Waals surface area (Å²) in [4.78, 5) is 0. The molecule has 4 aliphatic carbocycles. The standard InChI is InChI=1S/C12H18O4/c13-9-3-1-4(10(9)14)8-6-2-5(7(3)8)11(15)12(6)16/h3-16H,1-2H2/t3-,4+,5+,6-,7?,8?,9-,10+,11+,12-. The van der Waals surface area contributed by atoms with Crippen molar-refractivity contribution in [1.29, 1.82) is 0 Å². The van der Waals surface area contributed by atoms with E-state index in [4.69, 9.17) is 0 Å². The lowest BCUT2D eigenvalue weighted by molar-refractivity contribution is -0.119. The van der Waals surface area contributed by atoms with Gasteiger partial charge in [0.05, 0.1) is 24.4 Å². The van der Waals surface area contributed by atoms with E-state index in [1.807, 2.05) is 0 Å². The lowest BCUT2D eigenvalue weighted by Crippen LogP contribution is -2.50. The fraction of sp³-hybridized carbons (Fsp3) is 1.00. The van der Waals surface area contributed by atoms with Crippen LogP contribution >= 0.6 is 0 Å². The van der Waals surface area contributed by atoms with Crippen molar-refractivity contribution < 1.29 is 20.4 Å². The molecule has 4 fully saturated rings. The van der Waals surface area contributed by atoms with E-state index in [9.17, 15) is 20.4 Å². The molecule has 4 bridgehead atoms. The summed E-state index contributed by atoms with van der Waals surface area (Å²) in [6.45, 7) is 0. The van der Waals surface area contributed by atoms with E-state index in [2.05, 4.69) is 0 Å². The highest BCUT2D eigenvalue weighted by Gasteiger charge is 2.69. The summed E-state index contributed by atoms with van der Waals surface area (Å²) in [6.07, 6.45) is -0.649. The largest absolute Gasteiger partial charge is 0.390 e.